The minimum Gasteiger partial charge on any atom is -0.296 e. The van der Waals surface area contributed by atoms with Crippen molar-refractivity contribution in [3.63, 3.8) is 0 Å². The van der Waals surface area contributed by atoms with E-state index in [9.17, 15) is 26.7 Å². The van der Waals surface area contributed by atoms with E-state index < -0.39 is 29.3 Å². The predicted octanol–water partition coefficient (Wildman–Crippen LogP) is 3.96. The van der Waals surface area contributed by atoms with Crippen LogP contribution in [0.3, 0.4) is 0 Å². The molecule has 2 aliphatic rings. The second-order valence-corrected chi connectivity index (χ2v) is 7.39. The number of nitrogens with zero attached hydrogens (tertiary/aromatic N) is 2. The number of hydrogen-bond donors (Lipinski definition) is 2. The summed E-state index contributed by atoms with van der Waals surface area (Å²) in [6, 6.07) is 1.08. The Hall–Kier alpha value is -2.04. The number of halogens is 6. The van der Waals surface area contributed by atoms with E-state index in [0.717, 1.165) is 17.3 Å². The lowest BCUT2D eigenvalue weighted by atomic mass is 9.85. The van der Waals surface area contributed by atoms with E-state index in [1.165, 1.54) is 0 Å². The van der Waals surface area contributed by atoms with Crippen LogP contribution >= 0.6 is 12.4 Å². The quantitative estimate of drug-likeness (QED) is 0.549. The summed E-state index contributed by atoms with van der Waals surface area (Å²) in [5.74, 6) is -3.18. The summed E-state index contributed by atoms with van der Waals surface area (Å²) in [6.45, 7) is 1.52. The van der Waals surface area contributed by atoms with Gasteiger partial charge in [0.25, 0.3) is 0 Å². The van der Waals surface area contributed by atoms with Crippen LogP contribution < -0.4 is 5.32 Å². The van der Waals surface area contributed by atoms with E-state index in [1.807, 2.05) is 4.90 Å². The van der Waals surface area contributed by atoms with Crippen molar-refractivity contribution < 1.29 is 26.7 Å². The fraction of sp³-hybridized carbons (Fsp3) is 0.474. The molecule has 0 spiro atoms. The van der Waals surface area contributed by atoms with Gasteiger partial charge in [-0.2, -0.15) is 18.3 Å². The molecule has 1 fully saturated rings. The van der Waals surface area contributed by atoms with Gasteiger partial charge in [-0.3, -0.25) is 20.1 Å². The molecule has 2 N–H and O–H groups in total. The van der Waals surface area contributed by atoms with Crippen LogP contribution in [0.15, 0.2) is 12.1 Å². The molecule has 11 heteroatoms. The van der Waals surface area contributed by atoms with Gasteiger partial charge in [-0.15, -0.1) is 12.4 Å². The second kappa shape index (κ2) is 8.60. The van der Waals surface area contributed by atoms with Crippen LogP contribution in [0, 0.1) is 11.6 Å². The summed E-state index contributed by atoms with van der Waals surface area (Å²) >= 11 is 0. The zero-order chi connectivity index (χ0) is 20.8. The predicted molar refractivity (Wildman–Crippen MR) is 101 cm³/mol. The highest BCUT2D eigenvalue weighted by molar-refractivity contribution is 5.85. The van der Waals surface area contributed by atoms with Crippen molar-refractivity contribution >= 4 is 18.7 Å². The third kappa shape index (κ3) is 4.08. The van der Waals surface area contributed by atoms with E-state index in [1.54, 1.807) is 0 Å². The zero-order valence-electron chi connectivity index (χ0n) is 15.7. The summed E-state index contributed by atoms with van der Waals surface area (Å²) in [7, 11) is 0. The van der Waals surface area contributed by atoms with Crippen molar-refractivity contribution in [2.45, 2.75) is 37.5 Å². The first-order valence-corrected chi connectivity index (χ1v) is 9.35. The van der Waals surface area contributed by atoms with Gasteiger partial charge in [0.05, 0.1) is 11.3 Å². The lowest BCUT2D eigenvalue weighted by Gasteiger charge is -2.39. The minimum absolute atomic E-state index is 0. The Bertz CT molecular complexity index is 924. The van der Waals surface area contributed by atoms with Crippen LogP contribution in [0.25, 0.3) is 0 Å². The van der Waals surface area contributed by atoms with Crippen LogP contribution in [0.1, 0.15) is 57.8 Å². The number of aromatic amines is 1. The lowest BCUT2D eigenvalue weighted by Crippen LogP contribution is -2.46. The fourth-order valence-electron chi connectivity index (χ4n) is 4.41. The van der Waals surface area contributed by atoms with E-state index in [2.05, 4.69) is 15.5 Å². The number of rotatable bonds is 3. The van der Waals surface area contributed by atoms with Gasteiger partial charge < -0.3 is 0 Å². The van der Waals surface area contributed by atoms with E-state index in [0.29, 0.717) is 50.9 Å². The average molecular weight is 451 g/mol. The maximum Gasteiger partial charge on any atom is 0.419 e. The molecule has 0 bridgehead atoms. The molecule has 0 amide bonds. The molecule has 1 aromatic heterocycles. The maximum atomic E-state index is 13.9. The molecule has 0 aliphatic carbocycles. The van der Waals surface area contributed by atoms with Gasteiger partial charge in [-0.25, -0.2) is 8.78 Å². The first-order valence-electron chi connectivity index (χ1n) is 9.35. The standard InChI is InChI=1S/C19H19F5N4O.ClH/c20-11-7-13(16(14(21)8-11)19(22,23)24)10-2-5-28(6-3-10)18-17-12(1-4-25-18)15(9-29)26-27-17;/h7-10,18,25H,1-6H2,(H,26,27);1H. The molecular weight excluding hydrogens is 431 g/mol. The van der Waals surface area contributed by atoms with Gasteiger partial charge in [0.15, 0.2) is 6.29 Å². The number of aromatic nitrogens is 2. The molecular formula is C19H20ClF5N4O. The Morgan fingerprint density at radius 3 is 2.50 bits per heavy atom. The molecule has 1 saturated heterocycles. The molecule has 0 saturated carbocycles. The molecule has 5 nitrogen and oxygen atoms in total. The summed E-state index contributed by atoms with van der Waals surface area (Å²) in [5.41, 5.74) is 0.296. The number of carbonyl (C=O) groups excluding carboxylic acids is 1. The molecule has 1 aromatic carbocycles. The second-order valence-electron chi connectivity index (χ2n) is 7.39. The zero-order valence-corrected chi connectivity index (χ0v) is 16.5. The Kier molecular flexibility index (Phi) is 6.49. The monoisotopic (exact) mass is 450 g/mol. The summed E-state index contributed by atoms with van der Waals surface area (Å²) in [5, 5.41) is 10.2. The third-order valence-corrected chi connectivity index (χ3v) is 5.73. The highest BCUT2D eigenvalue weighted by atomic mass is 35.5. The molecule has 164 valence electrons. The van der Waals surface area contributed by atoms with E-state index >= 15 is 0 Å². The average Bonchev–Trinajstić information content (AvgIpc) is 3.09. The molecule has 2 aromatic rings. The number of fused-ring (bicyclic) bond motifs is 1. The molecule has 1 atom stereocenters. The number of nitrogens with one attached hydrogen (secondary N) is 2. The van der Waals surface area contributed by atoms with Crippen LogP contribution in [-0.4, -0.2) is 41.0 Å². The first-order chi connectivity index (χ1) is 13.8. The lowest BCUT2D eigenvalue weighted by molar-refractivity contribution is -0.141. The number of benzene rings is 1. The SMILES string of the molecule is Cl.O=Cc1n[nH]c2c1CCNC2N1CCC(c2cc(F)cc(F)c2C(F)(F)F)CC1. The highest BCUT2D eigenvalue weighted by Gasteiger charge is 2.40. The first kappa shape index (κ1) is 22.6. The number of piperidine rings is 1. The normalized spacial score (nSPS) is 20.5. The van der Waals surface area contributed by atoms with Crippen molar-refractivity contribution in [1.82, 2.24) is 20.4 Å². The van der Waals surface area contributed by atoms with Gasteiger partial charge in [0.2, 0.25) is 0 Å². The Balaban J connectivity index is 0.00000256. The Morgan fingerprint density at radius 2 is 1.87 bits per heavy atom. The molecule has 1 unspecified atom stereocenters. The topological polar surface area (TPSA) is 61.0 Å². The van der Waals surface area contributed by atoms with Crippen LogP contribution in [0.4, 0.5) is 22.0 Å². The summed E-state index contributed by atoms with van der Waals surface area (Å²) < 4.78 is 67.6. The van der Waals surface area contributed by atoms with Crippen molar-refractivity contribution in [1.29, 1.82) is 0 Å². The maximum absolute atomic E-state index is 13.9. The van der Waals surface area contributed by atoms with Crippen LogP contribution in [0.5, 0.6) is 0 Å². The van der Waals surface area contributed by atoms with Crippen molar-refractivity contribution in [3.05, 3.63) is 51.8 Å². The van der Waals surface area contributed by atoms with Gasteiger partial charge in [0.1, 0.15) is 23.5 Å². The molecule has 3 heterocycles. The highest BCUT2D eigenvalue weighted by Crippen LogP contribution is 2.41. The van der Waals surface area contributed by atoms with Crippen molar-refractivity contribution in [2.24, 2.45) is 0 Å². The summed E-state index contributed by atoms with van der Waals surface area (Å²) in [6.07, 6.45) is -3.11. The summed E-state index contributed by atoms with van der Waals surface area (Å²) in [4.78, 5) is 13.2. The van der Waals surface area contributed by atoms with E-state index in [-0.39, 0.29) is 30.2 Å². The van der Waals surface area contributed by atoms with Crippen molar-refractivity contribution in [2.75, 3.05) is 19.6 Å². The number of alkyl halides is 3. The Labute approximate surface area is 175 Å². The van der Waals surface area contributed by atoms with Gasteiger partial charge in [0, 0.05) is 31.3 Å². The number of hydrogen-bond acceptors (Lipinski definition) is 4. The number of aldehydes is 1. The molecule has 4 rings (SSSR count). The van der Waals surface area contributed by atoms with Gasteiger partial charge in [-0.1, -0.05) is 0 Å². The molecule has 2 aliphatic heterocycles. The molecule has 30 heavy (non-hydrogen) atoms. The van der Waals surface area contributed by atoms with Crippen molar-refractivity contribution in [3.8, 4) is 0 Å². The minimum atomic E-state index is -4.88. The fourth-order valence-corrected chi connectivity index (χ4v) is 4.41. The van der Waals surface area contributed by atoms with Gasteiger partial charge in [-0.05, 0) is 36.8 Å². The number of likely N-dealkylation sites (tertiary alicyclic amines) is 1. The van der Waals surface area contributed by atoms with Gasteiger partial charge >= 0.3 is 6.18 Å². The Morgan fingerprint density at radius 1 is 1.17 bits per heavy atom. The number of carbonyl (C=O) groups is 1. The molecule has 0 radical (unpaired) electrons. The van der Waals surface area contributed by atoms with Crippen LogP contribution in [-0.2, 0) is 12.6 Å². The number of H-pyrrole nitrogens is 1. The third-order valence-electron chi connectivity index (χ3n) is 5.73. The smallest absolute Gasteiger partial charge is 0.296 e. The van der Waals surface area contributed by atoms with Crippen LogP contribution in [0.2, 0.25) is 0 Å². The largest absolute Gasteiger partial charge is 0.419 e. The van der Waals surface area contributed by atoms with E-state index in [4.69, 9.17) is 0 Å².